The van der Waals surface area contributed by atoms with Crippen LogP contribution in [0.3, 0.4) is 0 Å². The molecule has 4 nitrogen and oxygen atoms in total. The number of rotatable bonds is 8. The lowest BCUT2D eigenvalue weighted by molar-refractivity contribution is -0.0961. The molecule has 5 atom stereocenters. The van der Waals surface area contributed by atoms with Crippen LogP contribution in [-0.4, -0.2) is 44.2 Å². The minimum Gasteiger partial charge on any atom is -0.376 e. The summed E-state index contributed by atoms with van der Waals surface area (Å²) >= 11 is 0. The van der Waals surface area contributed by atoms with Crippen molar-refractivity contribution >= 4 is 0 Å². The zero-order valence-electron chi connectivity index (χ0n) is 12.7. The predicted octanol–water partition coefficient (Wildman–Crippen LogP) is 2.41. The topological polar surface area (TPSA) is 40.2 Å². The van der Waals surface area contributed by atoms with E-state index in [1.807, 2.05) is 32.0 Å². The van der Waals surface area contributed by atoms with Gasteiger partial charge in [-0.15, -0.1) is 0 Å². The molecule has 0 radical (unpaired) electrons. The fourth-order valence-corrected chi connectivity index (χ4v) is 3.24. The first-order valence-corrected chi connectivity index (χ1v) is 7.85. The Morgan fingerprint density at radius 2 is 1.57 bits per heavy atom. The molecule has 0 amide bonds. The van der Waals surface area contributed by atoms with Crippen molar-refractivity contribution in [2.24, 2.45) is 5.92 Å². The van der Waals surface area contributed by atoms with E-state index < -0.39 is 0 Å². The van der Waals surface area contributed by atoms with Crippen LogP contribution in [0.1, 0.15) is 19.4 Å². The van der Waals surface area contributed by atoms with E-state index in [2.05, 4.69) is 12.1 Å². The summed E-state index contributed by atoms with van der Waals surface area (Å²) in [5.74, 6) is 0.261. The number of epoxide rings is 1. The van der Waals surface area contributed by atoms with E-state index in [0.29, 0.717) is 26.4 Å². The molecule has 0 N–H and O–H groups in total. The monoisotopic (exact) mass is 292 g/mol. The van der Waals surface area contributed by atoms with E-state index >= 15 is 0 Å². The Bertz CT molecular complexity index is 418. The summed E-state index contributed by atoms with van der Waals surface area (Å²) in [6.07, 6.45) is 0.610. The number of hydrogen-bond acceptors (Lipinski definition) is 4. The van der Waals surface area contributed by atoms with Gasteiger partial charge in [0, 0.05) is 19.1 Å². The zero-order valence-corrected chi connectivity index (χ0v) is 12.7. The minimum atomic E-state index is 0.104. The largest absolute Gasteiger partial charge is 0.376 e. The quantitative estimate of drug-likeness (QED) is 0.690. The van der Waals surface area contributed by atoms with Crippen LogP contribution in [0, 0.1) is 5.92 Å². The summed E-state index contributed by atoms with van der Waals surface area (Å²) in [5, 5.41) is 0. The van der Waals surface area contributed by atoms with Gasteiger partial charge < -0.3 is 18.9 Å². The van der Waals surface area contributed by atoms with Crippen LogP contribution in [0.25, 0.3) is 0 Å². The Morgan fingerprint density at radius 1 is 0.952 bits per heavy atom. The molecule has 3 rings (SSSR count). The first-order chi connectivity index (χ1) is 10.3. The average molecular weight is 292 g/mol. The number of fused-ring (bicyclic) bond motifs is 1. The molecule has 2 fully saturated rings. The lowest BCUT2D eigenvalue weighted by Gasteiger charge is -2.27. The third kappa shape index (κ3) is 3.29. The highest BCUT2D eigenvalue weighted by Gasteiger charge is 2.63. The molecular weight excluding hydrogens is 268 g/mol. The van der Waals surface area contributed by atoms with Crippen molar-refractivity contribution in [3.05, 3.63) is 35.9 Å². The predicted molar refractivity (Wildman–Crippen MR) is 79.1 cm³/mol. The second-order valence-corrected chi connectivity index (χ2v) is 5.57. The van der Waals surface area contributed by atoms with E-state index in [1.54, 1.807) is 0 Å². The third-order valence-corrected chi connectivity index (χ3v) is 4.19. The molecule has 1 saturated heterocycles. The summed E-state index contributed by atoms with van der Waals surface area (Å²) in [6.45, 7) is 6.73. The smallest absolute Gasteiger partial charge is 0.113 e. The van der Waals surface area contributed by atoms with Crippen molar-refractivity contribution in [1.82, 2.24) is 0 Å². The maximum absolute atomic E-state index is 5.91. The molecule has 0 bridgehead atoms. The Kier molecular flexibility index (Phi) is 4.91. The number of benzene rings is 1. The first-order valence-electron chi connectivity index (χ1n) is 7.85. The summed E-state index contributed by atoms with van der Waals surface area (Å²) < 4.78 is 23.3. The molecule has 1 saturated carbocycles. The van der Waals surface area contributed by atoms with Crippen LogP contribution in [0.4, 0.5) is 0 Å². The van der Waals surface area contributed by atoms with E-state index in [9.17, 15) is 0 Å². The molecule has 0 spiro atoms. The average Bonchev–Trinajstić information content (AvgIpc) is 3.24. The molecule has 1 unspecified atom stereocenters. The van der Waals surface area contributed by atoms with E-state index in [-0.39, 0.29) is 30.3 Å². The second-order valence-electron chi connectivity index (χ2n) is 5.57. The maximum Gasteiger partial charge on any atom is 0.113 e. The van der Waals surface area contributed by atoms with Gasteiger partial charge in [0.1, 0.15) is 12.2 Å². The van der Waals surface area contributed by atoms with Gasteiger partial charge >= 0.3 is 0 Å². The normalized spacial score (nSPS) is 33.9. The molecule has 0 aromatic heterocycles. The fourth-order valence-electron chi connectivity index (χ4n) is 3.24. The first kappa shape index (κ1) is 15.0. The molecule has 1 heterocycles. The Balaban J connectivity index is 1.56. The van der Waals surface area contributed by atoms with Crippen LogP contribution in [0.2, 0.25) is 0 Å². The van der Waals surface area contributed by atoms with Gasteiger partial charge in [0.25, 0.3) is 0 Å². The van der Waals surface area contributed by atoms with Crippen molar-refractivity contribution < 1.29 is 18.9 Å². The molecule has 1 aromatic carbocycles. The Labute approximate surface area is 126 Å². The van der Waals surface area contributed by atoms with Gasteiger partial charge in [-0.2, -0.15) is 0 Å². The Morgan fingerprint density at radius 3 is 2.14 bits per heavy atom. The van der Waals surface area contributed by atoms with Crippen LogP contribution in [-0.2, 0) is 25.6 Å². The van der Waals surface area contributed by atoms with Crippen molar-refractivity contribution in [3.8, 4) is 0 Å². The van der Waals surface area contributed by atoms with Gasteiger partial charge in [-0.25, -0.2) is 0 Å². The van der Waals surface area contributed by atoms with E-state index in [0.717, 1.165) is 0 Å². The summed E-state index contributed by atoms with van der Waals surface area (Å²) in [4.78, 5) is 0. The van der Waals surface area contributed by atoms with Gasteiger partial charge in [-0.05, 0) is 19.4 Å². The molecular formula is C17H24O4. The molecule has 1 aromatic rings. The second kappa shape index (κ2) is 6.88. The molecule has 2 aliphatic rings. The van der Waals surface area contributed by atoms with Crippen LogP contribution in [0.5, 0.6) is 0 Å². The van der Waals surface area contributed by atoms with E-state index in [4.69, 9.17) is 18.9 Å². The maximum atomic E-state index is 5.91. The van der Waals surface area contributed by atoms with Gasteiger partial charge in [0.2, 0.25) is 0 Å². The molecule has 1 aliphatic carbocycles. The highest BCUT2D eigenvalue weighted by atomic mass is 16.7. The third-order valence-electron chi connectivity index (χ3n) is 4.19. The van der Waals surface area contributed by atoms with Crippen molar-refractivity contribution in [3.63, 3.8) is 0 Å². The van der Waals surface area contributed by atoms with Gasteiger partial charge in [-0.1, -0.05) is 30.3 Å². The number of hydrogen-bond donors (Lipinski definition) is 0. The van der Waals surface area contributed by atoms with Crippen molar-refractivity contribution in [2.75, 3.05) is 19.8 Å². The minimum absolute atomic E-state index is 0.104. The van der Waals surface area contributed by atoms with Gasteiger partial charge in [-0.3, -0.25) is 0 Å². The summed E-state index contributed by atoms with van der Waals surface area (Å²) in [7, 11) is 0. The summed E-state index contributed by atoms with van der Waals surface area (Å²) in [5.41, 5.74) is 1.19. The zero-order chi connectivity index (χ0) is 14.7. The fraction of sp³-hybridized carbons (Fsp3) is 0.647. The lowest BCUT2D eigenvalue weighted by atomic mass is 10.0. The SMILES string of the molecule is CCO[C@@H]1C(COCc2ccccc2)[C@H](OCC)[C@H]2O[C@H]21. The molecule has 21 heavy (non-hydrogen) atoms. The highest BCUT2D eigenvalue weighted by molar-refractivity contribution is 5.14. The van der Waals surface area contributed by atoms with Crippen LogP contribution in [0.15, 0.2) is 30.3 Å². The summed E-state index contributed by atoms with van der Waals surface area (Å²) in [6, 6.07) is 10.2. The molecule has 1 aliphatic heterocycles. The van der Waals surface area contributed by atoms with Crippen molar-refractivity contribution in [1.29, 1.82) is 0 Å². The molecule has 4 heteroatoms. The standard InChI is InChI=1S/C17H24O4/c1-3-19-14-13(15(20-4-2)17-16(14)21-17)11-18-10-12-8-6-5-7-9-12/h5-9,13-17H,3-4,10-11H2,1-2H3/t13?,14-,15+,16+,17-. The highest BCUT2D eigenvalue weighted by Crippen LogP contribution is 2.46. The Hall–Kier alpha value is -0.940. The van der Waals surface area contributed by atoms with Crippen LogP contribution >= 0.6 is 0 Å². The van der Waals surface area contributed by atoms with Gasteiger partial charge in [0.15, 0.2) is 0 Å². The lowest BCUT2D eigenvalue weighted by Crippen LogP contribution is -2.37. The number of ether oxygens (including phenoxy) is 4. The van der Waals surface area contributed by atoms with Crippen LogP contribution < -0.4 is 0 Å². The molecule has 116 valence electrons. The van der Waals surface area contributed by atoms with E-state index in [1.165, 1.54) is 5.56 Å². The van der Waals surface area contributed by atoms with Gasteiger partial charge in [0.05, 0.1) is 25.4 Å². The van der Waals surface area contributed by atoms with Crippen molar-refractivity contribution in [2.45, 2.75) is 44.9 Å².